The minimum absolute atomic E-state index is 0.0697. The summed E-state index contributed by atoms with van der Waals surface area (Å²) in [6.45, 7) is 10.6. The molecule has 1 aliphatic rings. The second-order valence-electron chi connectivity index (χ2n) is 9.69. The van der Waals surface area contributed by atoms with Crippen molar-refractivity contribution in [2.24, 2.45) is 23.7 Å². The van der Waals surface area contributed by atoms with Gasteiger partial charge in [0.25, 0.3) is 0 Å². The molecule has 0 saturated heterocycles. The average molecular weight is 425 g/mol. The van der Waals surface area contributed by atoms with E-state index in [4.69, 9.17) is 0 Å². The lowest BCUT2D eigenvalue weighted by Crippen LogP contribution is -2.40. The molecule has 0 heterocycles. The summed E-state index contributed by atoms with van der Waals surface area (Å²) < 4.78 is 0. The zero-order valence-corrected chi connectivity index (χ0v) is 20.3. The number of rotatable bonds is 8. The van der Waals surface area contributed by atoms with Crippen LogP contribution in [0, 0.1) is 23.7 Å². The van der Waals surface area contributed by atoms with E-state index in [0.717, 1.165) is 18.5 Å². The van der Waals surface area contributed by atoms with Gasteiger partial charge in [0.1, 0.15) is 0 Å². The Kier molecular flexibility index (Phi) is 9.09. The third-order valence-electron chi connectivity index (χ3n) is 6.53. The van der Waals surface area contributed by atoms with Gasteiger partial charge in [0.15, 0.2) is 0 Å². The van der Waals surface area contributed by atoms with Gasteiger partial charge in [0, 0.05) is 32.1 Å². The maximum Gasteiger partial charge on any atom is 0.229 e. The van der Waals surface area contributed by atoms with Crippen LogP contribution in [0.2, 0.25) is 0 Å². The van der Waals surface area contributed by atoms with E-state index in [-0.39, 0.29) is 29.7 Å². The van der Waals surface area contributed by atoms with Crippen molar-refractivity contribution in [3.8, 4) is 0 Å². The van der Waals surface area contributed by atoms with Crippen LogP contribution < -0.4 is 4.90 Å². The highest BCUT2D eigenvalue weighted by Gasteiger charge is 2.28. The van der Waals surface area contributed by atoms with Gasteiger partial charge in [-0.2, -0.15) is 0 Å². The third-order valence-corrected chi connectivity index (χ3v) is 6.53. The molecule has 0 spiro atoms. The summed E-state index contributed by atoms with van der Waals surface area (Å²) >= 11 is 0. The molecule has 0 fully saturated rings. The Bertz CT molecular complexity index is 797. The summed E-state index contributed by atoms with van der Waals surface area (Å²) in [4.78, 5) is 29.2. The molecule has 0 N–H and O–H groups in total. The molecule has 4 heteroatoms. The highest BCUT2D eigenvalue weighted by molar-refractivity contribution is 5.94. The minimum atomic E-state index is -0.0697. The Balaban J connectivity index is 1.97. The fraction of sp³-hybridized carbons (Fsp3) is 0.556. The highest BCUT2D eigenvalue weighted by atomic mass is 16.2. The first-order valence-corrected chi connectivity index (χ1v) is 11.6. The Morgan fingerprint density at radius 1 is 1.06 bits per heavy atom. The number of hydrogen-bond acceptors (Lipinski definition) is 2. The van der Waals surface area contributed by atoms with Crippen molar-refractivity contribution in [3.63, 3.8) is 0 Å². The summed E-state index contributed by atoms with van der Waals surface area (Å²) in [5, 5.41) is 0. The maximum absolute atomic E-state index is 13.0. The minimum Gasteiger partial charge on any atom is -0.339 e. The molecule has 4 unspecified atom stereocenters. The lowest BCUT2D eigenvalue weighted by molar-refractivity contribution is -0.132. The zero-order chi connectivity index (χ0) is 23.1. The van der Waals surface area contributed by atoms with Gasteiger partial charge in [-0.05, 0) is 42.7 Å². The monoisotopic (exact) mass is 424 g/mol. The standard InChI is InChI=1S/C27H40N2O2/c1-19(2)16-26(30)29(7)25-15-11-12-23(18-21(25)4)17-20(3)22(5)27(31)28(6)24-13-9-8-10-14-24/h8-15,19-22,25H,16-18H2,1-7H3. The summed E-state index contributed by atoms with van der Waals surface area (Å²) in [7, 11) is 3.77. The van der Waals surface area contributed by atoms with Crippen molar-refractivity contribution < 1.29 is 9.59 Å². The van der Waals surface area contributed by atoms with Crippen LogP contribution in [-0.4, -0.2) is 36.9 Å². The van der Waals surface area contributed by atoms with Gasteiger partial charge in [-0.25, -0.2) is 0 Å². The first-order chi connectivity index (χ1) is 14.6. The van der Waals surface area contributed by atoms with Crippen LogP contribution in [0.25, 0.3) is 0 Å². The number of para-hydroxylation sites is 1. The van der Waals surface area contributed by atoms with Gasteiger partial charge in [-0.3, -0.25) is 9.59 Å². The van der Waals surface area contributed by atoms with Crippen molar-refractivity contribution in [2.75, 3.05) is 19.0 Å². The molecular formula is C27H40N2O2. The molecule has 0 saturated carbocycles. The van der Waals surface area contributed by atoms with Crippen LogP contribution in [0.15, 0.2) is 54.1 Å². The number of hydrogen-bond donors (Lipinski definition) is 0. The van der Waals surface area contributed by atoms with E-state index >= 15 is 0 Å². The quantitative estimate of drug-likeness (QED) is 0.536. The van der Waals surface area contributed by atoms with Gasteiger partial charge in [0.2, 0.25) is 11.8 Å². The van der Waals surface area contributed by atoms with Crippen LogP contribution >= 0.6 is 0 Å². The molecule has 0 bridgehead atoms. The molecule has 4 atom stereocenters. The van der Waals surface area contributed by atoms with Crippen LogP contribution in [0.3, 0.4) is 0 Å². The second-order valence-corrected chi connectivity index (χ2v) is 9.69. The van der Waals surface area contributed by atoms with Crippen LogP contribution in [0.4, 0.5) is 5.69 Å². The smallest absolute Gasteiger partial charge is 0.229 e. The molecular weight excluding hydrogens is 384 g/mol. The van der Waals surface area contributed by atoms with Gasteiger partial charge < -0.3 is 9.80 Å². The number of likely N-dealkylation sites (N-methyl/N-ethyl adjacent to an activating group) is 1. The number of benzene rings is 1. The molecule has 1 aromatic carbocycles. The zero-order valence-electron chi connectivity index (χ0n) is 20.3. The summed E-state index contributed by atoms with van der Waals surface area (Å²) in [5.41, 5.74) is 2.28. The number of anilines is 1. The fourth-order valence-corrected chi connectivity index (χ4v) is 4.34. The lowest BCUT2D eigenvalue weighted by Gasteiger charge is -2.31. The van der Waals surface area contributed by atoms with Crippen molar-refractivity contribution in [1.82, 2.24) is 4.90 Å². The molecule has 0 aromatic heterocycles. The summed E-state index contributed by atoms with van der Waals surface area (Å²) in [5.74, 6) is 1.23. The first-order valence-electron chi connectivity index (χ1n) is 11.6. The van der Waals surface area contributed by atoms with Gasteiger partial charge in [-0.1, -0.05) is 76.6 Å². The second kappa shape index (κ2) is 11.3. The molecule has 0 aliphatic heterocycles. The molecule has 2 amide bonds. The molecule has 2 rings (SSSR count). The molecule has 1 aromatic rings. The summed E-state index contributed by atoms with van der Waals surface area (Å²) in [6, 6.07) is 9.91. The van der Waals surface area contributed by atoms with E-state index in [1.165, 1.54) is 5.57 Å². The van der Waals surface area contributed by atoms with Crippen LogP contribution in [0.5, 0.6) is 0 Å². The summed E-state index contributed by atoms with van der Waals surface area (Å²) in [6.07, 6.45) is 8.85. The number of carbonyl (C=O) groups excluding carboxylic acids is 2. The van der Waals surface area contributed by atoms with E-state index in [2.05, 4.69) is 45.9 Å². The largest absolute Gasteiger partial charge is 0.339 e. The van der Waals surface area contributed by atoms with Crippen molar-refractivity contribution in [3.05, 3.63) is 54.1 Å². The first kappa shape index (κ1) is 24.9. The van der Waals surface area contributed by atoms with Crippen LogP contribution in [-0.2, 0) is 9.59 Å². The Hall–Kier alpha value is -2.36. The predicted octanol–water partition coefficient (Wildman–Crippen LogP) is 5.71. The van der Waals surface area contributed by atoms with Crippen LogP contribution in [0.1, 0.15) is 53.9 Å². The molecule has 4 nitrogen and oxygen atoms in total. The topological polar surface area (TPSA) is 40.6 Å². The van der Waals surface area contributed by atoms with Crippen molar-refractivity contribution in [1.29, 1.82) is 0 Å². The highest BCUT2D eigenvalue weighted by Crippen LogP contribution is 2.30. The van der Waals surface area contributed by atoms with Gasteiger partial charge in [0.05, 0.1) is 6.04 Å². The molecule has 1 aliphatic carbocycles. The number of allylic oxidation sites excluding steroid dienone is 3. The van der Waals surface area contributed by atoms with Gasteiger partial charge >= 0.3 is 0 Å². The molecule has 31 heavy (non-hydrogen) atoms. The Morgan fingerprint density at radius 3 is 2.32 bits per heavy atom. The van der Waals surface area contributed by atoms with E-state index in [0.29, 0.717) is 18.3 Å². The fourth-order valence-electron chi connectivity index (χ4n) is 4.34. The Labute approximate surface area is 189 Å². The molecule has 170 valence electrons. The van der Waals surface area contributed by atoms with Crippen molar-refractivity contribution in [2.45, 2.75) is 59.9 Å². The third kappa shape index (κ3) is 6.81. The lowest BCUT2D eigenvalue weighted by atomic mass is 9.85. The van der Waals surface area contributed by atoms with Gasteiger partial charge in [-0.15, -0.1) is 0 Å². The van der Waals surface area contributed by atoms with E-state index in [9.17, 15) is 9.59 Å². The SMILES string of the molecule is CC(C)CC(=O)N(C)C1C=CC=C(CC(C)C(C)C(=O)N(C)c2ccccc2)CC1C. The van der Waals surface area contributed by atoms with Crippen molar-refractivity contribution >= 4 is 17.5 Å². The number of amides is 2. The normalized spacial score (nSPS) is 20.6. The van der Waals surface area contributed by atoms with E-state index in [1.807, 2.05) is 56.3 Å². The molecule has 0 radical (unpaired) electrons. The van der Waals surface area contributed by atoms with E-state index in [1.54, 1.807) is 4.90 Å². The number of carbonyl (C=O) groups is 2. The average Bonchev–Trinajstić information content (AvgIpc) is 2.92. The Morgan fingerprint density at radius 2 is 1.71 bits per heavy atom. The maximum atomic E-state index is 13.0. The number of nitrogens with zero attached hydrogens (tertiary/aromatic N) is 2. The predicted molar refractivity (Wildman–Crippen MR) is 130 cm³/mol. The van der Waals surface area contributed by atoms with E-state index < -0.39 is 0 Å².